The minimum atomic E-state index is -0.114. The second kappa shape index (κ2) is 41.1. The second-order valence-electron chi connectivity index (χ2n) is 25.6. The molecule has 3 saturated carbocycles. The van der Waals surface area contributed by atoms with Crippen molar-refractivity contribution in [3.63, 3.8) is 0 Å². The van der Waals surface area contributed by atoms with Crippen molar-refractivity contribution in [2.75, 3.05) is 0 Å². The van der Waals surface area contributed by atoms with Crippen molar-refractivity contribution in [3.05, 3.63) is 86.5 Å². The van der Waals surface area contributed by atoms with Crippen LogP contribution in [0.4, 0.5) is 0 Å². The molecule has 6 bridgehead atoms. The molecule has 6 atom stereocenters. The Kier molecular flexibility index (Phi) is 32.3. The van der Waals surface area contributed by atoms with E-state index in [1.165, 1.54) is 135 Å². The number of benzene rings is 3. The molecular formula is C78H109N7O3. The van der Waals surface area contributed by atoms with Gasteiger partial charge in [0.2, 0.25) is 0 Å². The van der Waals surface area contributed by atoms with Crippen molar-refractivity contribution >= 4 is 37.3 Å². The molecule has 10 nitrogen and oxygen atoms in total. The van der Waals surface area contributed by atoms with Crippen molar-refractivity contribution in [1.82, 2.24) is 0 Å². The van der Waals surface area contributed by atoms with E-state index < -0.39 is 0 Å². The van der Waals surface area contributed by atoms with E-state index in [0.717, 1.165) is 143 Å². The highest BCUT2D eigenvalue weighted by atomic mass is 16.6. The molecule has 6 unspecified atom stereocenters. The largest absolute Gasteiger partial charge is 0.507 e. The van der Waals surface area contributed by atoms with Gasteiger partial charge >= 0.3 is 0 Å². The molecule has 0 radical (unpaired) electrons. The van der Waals surface area contributed by atoms with Gasteiger partial charge in [0.1, 0.15) is 11.5 Å². The minimum Gasteiger partial charge on any atom is -0.507 e. The fourth-order valence-corrected chi connectivity index (χ4v) is 12.9. The van der Waals surface area contributed by atoms with Gasteiger partial charge in [-0.25, -0.2) is 0 Å². The first-order chi connectivity index (χ1) is 43.4. The summed E-state index contributed by atoms with van der Waals surface area (Å²) < 4.78 is 0. The molecule has 3 aromatic rings. The van der Waals surface area contributed by atoms with Gasteiger partial charge in [-0.3, -0.25) is 30.0 Å². The first-order valence-electron chi connectivity index (χ1n) is 35.3. The highest BCUT2D eigenvalue weighted by Crippen LogP contribution is 2.32. The Hall–Kier alpha value is -6.28. The summed E-state index contributed by atoms with van der Waals surface area (Å²) in [6, 6.07) is 11.3. The lowest BCUT2D eigenvalue weighted by Crippen LogP contribution is -2.27. The van der Waals surface area contributed by atoms with Crippen LogP contribution in [0.15, 0.2) is 66.4 Å². The summed E-state index contributed by atoms with van der Waals surface area (Å²) in [4.78, 5) is 37.2. The van der Waals surface area contributed by atoms with Crippen LogP contribution in [0.5, 0.6) is 17.2 Å². The Labute approximate surface area is 532 Å². The van der Waals surface area contributed by atoms with E-state index in [9.17, 15) is 10.2 Å². The molecule has 1 aliphatic heterocycles. The molecule has 4 N–H and O–H groups in total. The van der Waals surface area contributed by atoms with Crippen LogP contribution in [0.1, 0.15) is 321 Å². The van der Waals surface area contributed by atoms with Gasteiger partial charge in [-0.15, -0.1) is 0 Å². The molecule has 10 heteroatoms. The Morgan fingerprint density at radius 2 is 0.557 bits per heavy atom. The summed E-state index contributed by atoms with van der Waals surface area (Å²) in [6.45, 7) is 6.80. The van der Waals surface area contributed by atoms with Crippen LogP contribution < -0.4 is 10.7 Å². The molecule has 0 spiro atoms. The summed E-state index contributed by atoms with van der Waals surface area (Å²) in [5.74, 6) is 27.8. The lowest BCUT2D eigenvalue weighted by Gasteiger charge is -2.26. The second-order valence-corrected chi connectivity index (χ2v) is 25.6. The Morgan fingerprint density at radius 1 is 0.341 bits per heavy atom. The molecule has 474 valence electrons. The van der Waals surface area contributed by atoms with Crippen LogP contribution >= 0.6 is 0 Å². The number of aromatic hydroxyl groups is 2. The Bertz CT molecular complexity index is 2780. The van der Waals surface area contributed by atoms with Crippen molar-refractivity contribution in [2.24, 2.45) is 35.9 Å². The van der Waals surface area contributed by atoms with Crippen LogP contribution in [0.2, 0.25) is 0 Å². The molecule has 3 fully saturated rings. The average Bonchev–Trinajstić information content (AvgIpc) is 2.48. The first-order valence-corrected chi connectivity index (χ1v) is 35.3. The summed E-state index contributed by atoms with van der Waals surface area (Å²) in [6.07, 6.45) is 55.2. The fraction of sp³-hybridized carbons (Fsp3) is 0.615. The lowest BCUT2D eigenvalue weighted by molar-refractivity contribution is 0.333. The third-order valence-corrected chi connectivity index (χ3v) is 18.3. The van der Waals surface area contributed by atoms with Crippen LogP contribution in [-0.4, -0.2) is 83.8 Å². The van der Waals surface area contributed by atoms with Gasteiger partial charge in [0.05, 0.1) is 36.3 Å². The van der Waals surface area contributed by atoms with E-state index in [-0.39, 0.29) is 47.8 Å². The molecule has 4 aliphatic rings. The van der Waals surface area contributed by atoms with E-state index in [1.807, 2.05) is 73.7 Å². The monoisotopic (exact) mass is 1190 g/mol. The minimum absolute atomic E-state index is 0.1000. The van der Waals surface area contributed by atoms with E-state index in [2.05, 4.69) is 56.3 Å². The van der Waals surface area contributed by atoms with Crippen molar-refractivity contribution in [1.29, 1.82) is 0 Å². The molecule has 7 rings (SSSR count). The maximum absolute atomic E-state index is 12.1. The van der Waals surface area contributed by atoms with E-state index >= 15 is 0 Å². The Morgan fingerprint density at radius 3 is 0.795 bits per heavy atom. The number of nitrogens with zero attached hydrogens (tertiary/aromatic N) is 6. The molecular weight excluding hydrogens is 1080 g/mol. The zero-order valence-electron chi connectivity index (χ0n) is 54.5. The first kappa shape index (κ1) is 69.2. The van der Waals surface area contributed by atoms with Crippen LogP contribution in [0.25, 0.3) is 0 Å². The number of hydrogen-bond donors (Lipinski definition) is 3. The number of aliphatic imine (C=N–C) groups is 6. The van der Waals surface area contributed by atoms with Crippen LogP contribution in [0.3, 0.4) is 0 Å². The number of unbranched alkanes of at least 4 members (excludes halogenated alkanes) is 24. The maximum atomic E-state index is 12.1. The number of fused-ring (bicyclic) bond motifs is 9. The predicted molar refractivity (Wildman–Crippen MR) is 373 cm³/mol. The molecule has 3 aliphatic carbocycles. The molecule has 0 amide bonds. The fourth-order valence-electron chi connectivity index (χ4n) is 12.9. The number of phenols is 2. The van der Waals surface area contributed by atoms with Crippen molar-refractivity contribution < 1.29 is 15.1 Å². The number of phenolic OH excluding ortho intramolecular Hbond substituents is 2. The van der Waals surface area contributed by atoms with Gasteiger partial charge in [0.15, 0.2) is 5.75 Å². The van der Waals surface area contributed by atoms with Crippen LogP contribution in [0, 0.1) is 35.5 Å². The van der Waals surface area contributed by atoms with E-state index in [0.29, 0.717) is 28.0 Å². The van der Waals surface area contributed by atoms with Gasteiger partial charge in [-0.1, -0.05) is 230 Å². The van der Waals surface area contributed by atoms with Crippen LogP contribution in [-0.2, 0) is 0 Å². The van der Waals surface area contributed by atoms with Gasteiger partial charge < -0.3 is 15.1 Å². The van der Waals surface area contributed by atoms with Crippen molar-refractivity contribution in [2.45, 2.75) is 307 Å². The summed E-state index contributed by atoms with van der Waals surface area (Å²) in [7, 11) is 0. The number of hydrogen-bond acceptors (Lipinski definition) is 10. The highest BCUT2D eigenvalue weighted by Gasteiger charge is 2.27. The summed E-state index contributed by atoms with van der Waals surface area (Å²) in [5.41, 5.74) is 6.42. The zero-order chi connectivity index (χ0) is 61.6. The zero-order valence-corrected chi connectivity index (χ0v) is 54.5. The summed E-state index contributed by atoms with van der Waals surface area (Å²) >= 11 is 0. The van der Waals surface area contributed by atoms with Gasteiger partial charge in [0, 0.05) is 107 Å². The third kappa shape index (κ3) is 24.3. The maximum Gasteiger partial charge on any atom is 0.164 e. The quantitative estimate of drug-likeness (QED) is 0.0440. The van der Waals surface area contributed by atoms with Gasteiger partial charge in [0.25, 0.3) is 0 Å². The highest BCUT2D eigenvalue weighted by molar-refractivity contribution is 5.95. The molecule has 88 heavy (non-hydrogen) atoms. The summed E-state index contributed by atoms with van der Waals surface area (Å²) in [5, 5.41) is 24.2. The predicted octanol–water partition coefficient (Wildman–Crippen LogP) is 18.9. The lowest BCUT2D eigenvalue weighted by atomic mass is 9.91. The van der Waals surface area contributed by atoms with E-state index in [4.69, 9.17) is 40.7 Å². The normalized spacial score (nSPS) is 22.2. The van der Waals surface area contributed by atoms with E-state index in [1.54, 1.807) is 0 Å². The topological polar surface area (TPSA) is 150 Å². The standard InChI is InChI=1S/C78H109N7O3/c1-4-7-10-13-16-19-22-25-28-31-40-61-49-64-55-80-70-43-34-35-44-71(70)81-56-65-50-62(41-32-29-26-23-20-17-14-11-8-5-2)52-67(77(65)87)58-83-73-46-37-39-48-75(73)85-60-69-54-63(42-33-30-27-24-21-18-15-12-9-6-3)53-68(78(69)88-79)59-84-74-47-38-36-45-72(74)82-57-66(51-61)76(64)86/h49-60,70-75,86-87H,4-30,34-39,43-48,79H2,1-3H3/b80-55+,81-56+,82-57+,83-58+,84-59+,85-60+. The molecule has 3 aromatic carbocycles. The molecule has 0 saturated heterocycles. The number of nitrogens with two attached hydrogens (primary N) is 1. The SMILES string of the molecule is CCCCCCCCCCC#Cc1cc2c(O)c(c1)/C=N/C1CCCCC1/N=C/c1cc(C#CCCCCCCCCCC)cc(c1ON)/C=N/C1CCCCC1/N=C/c1cc(C#CCCCCCCCCCC)cc(c1O)/C=N/C1CCCCC1/N=C/2. The third-order valence-electron chi connectivity index (χ3n) is 18.3. The molecule has 1 heterocycles. The van der Waals surface area contributed by atoms with Crippen molar-refractivity contribution in [3.8, 4) is 52.8 Å². The van der Waals surface area contributed by atoms with Gasteiger partial charge in [-0.05, 0) is 94.2 Å². The smallest absolute Gasteiger partial charge is 0.164 e. The average molecular weight is 1190 g/mol. The Balaban J connectivity index is 1.26. The number of rotatable bonds is 25. The van der Waals surface area contributed by atoms with Gasteiger partial charge in [-0.2, -0.15) is 5.90 Å². The molecule has 0 aromatic heterocycles.